The first-order chi connectivity index (χ1) is 8.22. The Hall–Kier alpha value is -0.960. The van der Waals surface area contributed by atoms with Crippen molar-refractivity contribution in [1.82, 2.24) is 5.32 Å². The van der Waals surface area contributed by atoms with E-state index in [1.807, 2.05) is 0 Å². The second-order valence-corrected chi connectivity index (χ2v) is 4.79. The predicted octanol–water partition coefficient (Wildman–Crippen LogP) is 3.81. The zero-order valence-corrected chi connectivity index (χ0v) is 10.2. The molecule has 1 aromatic carbocycles. The molecule has 1 N–H and O–H groups in total. The molecule has 1 saturated carbocycles. The van der Waals surface area contributed by atoms with E-state index in [2.05, 4.69) is 12.2 Å². The lowest BCUT2D eigenvalue weighted by atomic mass is 9.77. The summed E-state index contributed by atoms with van der Waals surface area (Å²) in [5, 5.41) is 3.39. The molecule has 17 heavy (non-hydrogen) atoms. The van der Waals surface area contributed by atoms with Gasteiger partial charge in [0, 0.05) is 17.7 Å². The molecule has 1 aliphatic carbocycles. The van der Waals surface area contributed by atoms with Crippen molar-refractivity contribution >= 4 is 0 Å². The van der Waals surface area contributed by atoms with Crippen molar-refractivity contribution in [2.24, 2.45) is 5.92 Å². The Bertz CT molecular complexity index is 374. The molecule has 2 rings (SSSR count). The van der Waals surface area contributed by atoms with Crippen molar-refractivity contribution in [3.8, 4) is 0 Å². The monoisotopic (exact) mass is 239 g/mol. The molecule has 1 nitrogen and oxygen atoms in total. The summed E-state index contributed by atoms with van der Waals surface area (Å²) >= 11 is 0. The van der Waals surface area contributed by atoms with E-state index >= 15 is 0 Å². The maximum absolute atomic E-state index is 13.8. The Balaban J connectivity index is 2.17. The molecule has 0 bridgehead atoms. The van der Waals surface area contributed by atoms with E-state index in [-0.39, 0.29) is 6.04 Å². The van der Waals surface area contributed by atoms with Crippen LogP contribution in [0.25, 0.3) is 0 Å². The van der Waals surface area contributed by atoms with Crippen LogP contribution in [-0.2, 0) is 0 Å². The molecule has 1 atom stereocenters. The smallest absolute Gasteiger partial charge is 0.130 e. The molecule has 0 aliphatic heterocycles. The van der Waals surface area contributed by atoms with Crippen molar-refractivity contribution in [2.75, 3.05) is 6.54 Å². The topological polar surface area (TPSA) is 12.0 Å². The van der Waals surface area contributed by atoms with Gasteiger partial charge in [-0.05, 0) is 37.8 Å². The standard InChI is InChI=1S/C14H19F2N/c1-2-8-17-14(10-4-3-5-10)12-7-6-11(15)9-13(12)16/h6-7,9-10,14,17H,2-5,8H2,1H3. The van der Waals surface area contributed by atoms with Gasteiger partial charge in [-0.25, -0.2) is 8.78 Å². The highest BCUT2D eigenvalue weighted by atomic mass is 19.1. The van der Waals surface area contributed by atoms with E-state index in [1.54, 1.807) is 6.07 Å². The number of nitrogens with one attached hydrogen (secondary N) is 1. The summed E-state index contributed by atoms with van der Waals surface area (Å²) in [7, 11) is 0. The fourth-order valence-electron chi connectivity index (χ4n) is 2.36. The summed E-state index contributed by atoms with van der Waals surface area (Å²) in [6.45, 7) is 2.96. The van der Waals surface area contributed by atoms with Crippen molar-refractivity contribution in [2.45, 2.75) is 38.6 Å². The molecular formula is C14H19F2N. The minimum atomic E-state index is -0.505. The Morgan fingerprint density at radius 1 is 1.35 bits per heavy atom. The minimum absolute atomic E-state index is 0.0456. The second-order valence-electron chi connectivity index (χ2n) is 4.79. The fraction of sp³-hybridized carbons (Fsp3) is 0.571. The van der Waals surface area contributed by atoms with Gasteiger partial charge in [0.2, 0.25) is 0 Å². The lowest BCUT2D eigenvalue weighted by Crippen LogP contribution is -2.33. The van der Waals surface area contributed by atoms with Gasteiger partial charge in [0.1, 0.15) is 11.6 Å². The number of rotatable bonds is 5. The largest absolute Gasteiger partial charge is 0.310 e. The van der Waals surface area contributed by atoms with Crippen molar-refractivity contribution in [3.05, 3.63) is 35.4 Å². The Morgan fingerprint density at radius 3 is 2.65 bits per heavy atom. The first-order valence-electron chi connectivity index (χ1n) is 6.40. The molecule has 0 radical (unpaired) electrons. The fourth-order valence-corrected chi connectivity index (χ4v) is 2.36. The average Bonchev–Trinajstić information content (AvgIpc) is 2.22. The third-order valence-corrected chi connectivity index (χ3v) is 3.53. The van der Waals surface area contributed by atoms with Crippen LogP contribution in [0.3, 0.4) is 0 Å². The molecular weight excluding hydrogens is 220 g/mol. The van der Waals surface area contributed by atoms with Gasteiger partial charge < -0.3 is 5.32 Å². The number of halogens is 2. The van der Waals surface area contributed by atoms with E-state index in [0.717, 1.165) is 31.9 Å². The van der Waals surface area contributed by atoms with E-state index in [9.17, 15) is 8.78 Å². The zero-order valence-electron chi connectivity index (χ0n) is 10.2. The van der Waals surface area contributed by atoms with Crippen LogP contribution >= 0.6 is 0 Å². The van der Waals surface area contributed by atoms with Crippen molar-refractivity contribution in [3.63, 3.8) is 0 Å². The van der Waals surface area contributed by atoms with Crippen LogP contribution in [0.15, 0.2) is 18.2 Å². The van der Waals surface area contributed by atoms with Gasteiger partial charge in [0.05, 0.1) is 0 Å². The zero-order chi connectivity index (χ0) is 12.3. The molecule has 3 heteroatoms. The van der Waals surface area contributed by atoms with Crippen LogP contribution in [-0.4, -0.2) is 6.54 Å². The summed E-state index contributed by atoms with van der Waals surface area (Å²) in [5.41, 5.74) is 0.615. The van der Waals surface area contributed by atoms with Gasteiger partial charge >= 0.3 is 0 Å². The lowest BCUT2D eigenvalue weighted by Gasteiger charge is -2.35. The number of benzene rings is 1. The average molecular weight is 239 g/mol. The second kappa shape index (κ2) is 5.58. The summed E-state index contributed by atoms with van der Waals surface area (Å²) in [4.78, 5) is 0. The van der Waals surface area contributed by atoms with Crippen LogP contribution in [0.1, 0.15) is 44.2 Å². The number of hydrogen-bond donors (Lipinski definition) is 1. The Labute approximate surface area is 101 Å². The molecule has 1 aliphatic rings. The van der Waals surface area contributed by atoms with Crippen LogP contribution in [0, 0.1) is 17.6 Å². The number of hydrogen-bond acceptors (Lipinski definition) is 1. The lowest BCUT2D eigenvalue weighted by molar-refractivity contribution is 0.227. The minimum Gasteiger partial charge on any atom is -0.310 e. The van der Waals surface area contributed by atoms with Crippen LogP contribution in [0.2, 0.25) is 0 Å². The van der Waals surface area contributed by atoms with Gasteiger partial charge in [-0.15, -0.1) is 0 Å². The van der Waals surface area contributed by atoms with Gasteiger partial charge in [0.15, 0.2) is 0 Å². The highest BCUT2D eigenvalue weighted by molar-refractivity contribution is 5.23. The molecule has 0 spiro atoms. The molecule has 0 aromatic heterocycles. The molecule has 94 valence electrons. The third-order valence-electron chi connectivity index (χ3n) is 3.53. The highest BCUT2D eigenvalue weighted by Crippen LogP contribution is 2.38. The van der Waals surface area contributed by atoms with Crippen molar-refractivity contribution < 1.29 is 8.78 Å². The third kappa shape index (κ3) is 2.83. The maximum atomic E-state index is 13.8. The molecule has 0 saturated heterocycles. The normalized spacial score (nSPS) is 17.8. The molecule has 1 fully saturated rings. The molecule has 0 heterocycles. The van der Waals surface area contributed by atoms with Crippen LogP contribution in [0.5, 0.6) is 0 Å². The summed E-state index contributed by atoms with van der Waals surface area (Å²) in [5.74, 6) is -0.430. The quantitative estimate of drug-likeness (QED) is 0.824. The summed E-state index contributed by atoms with van der Waals surface area (Å²) < 4.78 is 26.7. The van der Waals surface area contributed by atoms with Crippen LogP contribution < -0.4 is 5.32 Å². The SMILES string of the molecule is CCCNC(c1ccc(F)cc1F)C1CCC1. The highest BCUT2D eigenvalue weighted by Gasteiger charge is 2.29. The maximum Gasteiger partial charge on any atom is 0.130 e. The van der Waals surface area contributed by atoms with E-state index in [4.69, 9.17) is 0 Å². The van der Waals surface area contributed by atoms with Gasteiger partial charge in [0.25, 0.3) is 0 Å². The van der Waals surface area contributed by atoms with Crippen molar-refractivity contribution in [1.29, 1.82) is 0 Å². The van der Waals surface area contributed by atoms with Crippen LogP contribution in [0.4, 0.5) is 8.78 Å². The van der Waals surface area contributed by atoms with E-state index in [0.29, 0.717) is 11.5 Å². The Kier molecular flexibility index (Phi) is 4.11. The van der Waals surface area contributed by atoms with Gasteiger partial charge in [-0.1, -0.05) is 19.4 Å². The summed E-state index contributed by atoms with van der Waals surface area (Å²) in [6.07, 6.45) is 4.51. The molecule has 1 aromatic rings. The van der Waals surface area contributed by atoms with Gasteiger partial charge in [-0.2, -0.15) is 0 Å². The predicted molar refractivity (Wildman–Crippen MR) is 64.7 cm³/mol. The van der Waals surface area contributed by atoms with E-state index in [1.165, 1.54) is 12.5 Å². The van der Waals surface area contributed by atoms with E-state index < -0.39 is 11.6 Å². The van der Waals surface area contributed by atoms with Gasteiger partial charge in [-0.3, -0.25) is 0 Å². The first kappa shape index (κ1) is 12.5. The Morgan fingerprint density at radius 2 is 2.12 bits per heavy atom. The molecule has 1 unspecified atom stereocenters. The molecule has 0 amide bonds. The first-order valence-corrected chi connectivity index (χ1v) is 6.40. The summed E-state index contributed by atoms with van der Waals surface area (Å²) in [6, 6.07) is 3.95.